The third-order valence-electron chi connectivity index (χ3n) is 5.69. The van der Waals surface area contributed by atoms with E-state index in [2.05, 4.69) is 15.0 Å². The van der Waals surface area contributed by atoms with Gasteiger partial charge in [-0.1, -0.05) is 0 Å². The summed E-state index contributed by atoms with van der Waals surface area (Å²) in [6, 6.07) is 5.60. The number of carbonyl (C=O) groups excluding carboxylic acids is 1. The van der Waals surface area contributed by atoms with Crippen LogP contribution in [0.25, 0.3) is 10.6 Å². The van der Waals surface area contributed by atoms with E-state index in [0.717, 1.165) is 30.1 Å². The van der Waals surface area contributed by atoms with Crippen molar-refractivity contribution in [3.05, 3.63) is 59.5 Å². The number of nitrogens with zero attached hydrogens (tertiary/aromatic N) is 4. The highest BCUT2D eigenvalue weighted by Crippen LogP contribution is 2.41. The Hall–Kier alpha value is -3.01. The van der Waals surface area contributed by atoms with Crippen LogP contribution in [0, 0.1) is 5.92 Å². The SMILES string of the molecule is O=C(c1ncccc1-c1nccs1)N1CC2CC(Oc3ccc(C(F)(F)F)cn3)C1C2. The lowest BCUT2D eigenvalue weighted by molar-refractivity contribution is -0.137. The summed E-state index contributed by atoms with van der Waals surface area (Å²) in [5.41, 5.74) is 0.206. The molecule has 6 nitrogen and oxygen atoms in total. The van der Waals surface area contributed by atoms with Gasteiger partial charge in [-0.2, -0.15) is 13.2 Å². The van der Waals surface area contributed by atoms with Crippen molar-refractivity contribution in [1.82, 2.24) is 19.9 Å². The predicted molar refractivity (Wildman–Crippen MR) is 107 cm³/mol. The lowest BCUT2D eigenvalue weighted by Crippen LogP contribution is -2.47. The van der Waals surface area contributed by atoms with Gasteiger partial charge in [0, 0.05) is 42.1 Å². The van der Waals surface area contributed by atoms with Gasteiger partial charge in [-0.25, -0.2) is 9.97 Å². The first kappa shape index (κ1) is 19.9. The molecular weight excluding hydrogens is 429 g/mol. The molecule has 1 aliphatic carbocycles. The maximum atomic E-state index is 13.3. The number of pyridine rings is 2. The van der Waals surface area contributed by atoms with Gasteiger partial charge in [0.15, 0.2) is 0 Å². The Morgan fingerprint density at radius 3 is 2.68 bits per heavy atom. The summed E-state index contributed by atoms with van der Waals surface area (Å²) in [5, 5.41) is 2.57. The largest absolute Gasteiger partial charge is 0.472 e. The molecule has 160 valence electrons. The van der Waals surface area contributed by atoms with Crippen molar-refractivity contribution in [3.8, 4) is 16.5 Å². The van der Waals surface area contributed by atoms with Gasteiger partial charge in [0.25, 0.3) is 5.91 Å². The number of likely N-dealkylation sites (tertiary alicyclic amines) is 1. The van der Waals surface area contributed by atoms with Crippen LogP contribution in [0.5, 0.6) is 5.88 Å². The number of aromatic nitrogens is 3. The van der Waals surface area contributed by atoms with Gasteiger partial charge < -0.3 is 9.64 Å². The third kappa shape index (κ3) is 3.76. The molecule has 0 aromatic carbocycles. The number of hydrogen-bond donors (Lipinski definition) is 0. The first-order chi connectivity index (χ1) is 14.9. The van der Waals surface area contributed by atoms with Crippen LogP contribution in [0.15, 0.2) is 48.2 Å². The van der Waals surface area contributed by atoms with Crippen LogP contribution in [-0.2, 0) is 6.18 Å². The van der Waals surface area contributed by atoms with E-state index in [-0.39, 0.29) is 29.9 Å². The van der Waals surface area contributed by atoms with Crippen molar-refractivity contribution in [2.24, 2.45) is 5.92 Å². The van der Waals surface area contributed by atoms with Crippen LogP contribution in [0.2, 0.25) is 0 Å². The second-order valence-electron chi connectivity index (χ2n) is 7.64. The molecule has 3 unspecified atom stereocenters. The minimum atomic E-state index is -4.45. The summed E-state index contributed by atoms with van der Waals surface area (Å²) >= 11 is 1.44. The molecule has 0 radical (unpaired) electrons. The first-order valence-electron chi connectivity index (χ1n) is 9.76. The van der Waals surface area contributed by atoms with E-state index in [1.54, 1.807) is 23.4 Å². The summed E-state index contributed by atoms with van der Waals surface area (Å²) < 4.78 is 44.1. The van der Waals surface area contributed by atoms with Crippen molar-refractivity contribution in [2.75, 3.05) is 6.54 Å². The molecule has 1 amide bonds. The van der Waals surface area contributed by atoms with Gasteiger partial charge in [-0.15, -0.1) is 11.3 Å². The number of alkyl halides is 3. The summed E-state index contributed by atoms with van der Waals surface area (Å²) in [6.45, 7) is 0.609. The number of amides is 1. The summed E-state index contributed by atoms with van der Waals surface area (Å²) in [6.07, 6.45) is 0.783. The Kier molecular flexibility index (Phi) is 4.88. The molecule has 3 atom stereocenters. The molecule has 0 N–H and O–H groups in total. The Labute approximate surface area is 179 Å². The van der Waals surface area contributed by atoms with Gasteiger partial charge >= 0.3 is 6.18 Å². The molecule has 1 saturated heterocycles. The van der Waals surface area contributed by atoms with Crippen molar-refractivity contribution in [2.45, 2.75) is 31.2 Å². The number of piperidine rings is 1. The number of rotatable bonds is 4. The fraction of sp³-hybridized carbons (Fsp3) is 0.333. The second-order valence-corrected chi connectivity index (χ2v) is 8.53. The zero-order valence-corrected chi connectivity index (χ0v) is 16.9. The molecule has 10 heteroatoms. The minimum Gasteiger partial charge on any atom is -0.472 e. The second kappa shape index (κ2) is 7.60. The van der Waals surface area contributed by atoms with E-state index in [1.165, 1.54) is 17.4 Å². The zero-order chi connectivity index (χ0) is 21.6. The lowest BCUT2D eigenvalue weighted by Gasteiger charge is -2.33. The topological polar surface area (TPSA) is 68.2 Å². The van der Waals surface area contributed by atoms with Crippen molar-refractivity contribution < 1.29 is 22.7 Å². The first-order valence-corrected chi connectivity index (χ1v) is 10.6. The van der Waals surface area contributed by atoms with Crippen molar-refractivity contribution in [1.29, 1.82) is 0 Å². The van der Waals surface area contributed by atoms with Crippen LogP contribution < -0.4 is 4.74 Å². The number of hydrogen-bond acceptors (Lipinski definition) is 6. The van der Waals surface area contributed by atoms with E-state index >= 15 is 0 Å². The summed E-state index contributed by atoms with van der Waals surface area (Å²) in [5.74, 6) is 0.215. The average molecular weight is 446 g/mol. The van der Waals surface area contributed by atoms with E-state index in [4.69, 9.17) is 4.74 Å². The van der Waals surface area contributed by atoms with Gasteiger partial charge in [0.05, 0.1) is 11.6 Å². The smallest absolute Gasteiger partial charge is 0.417 e. The minimum absolute atomic E-state index is 0.124. The molecule has 3 aromatic heterocycles. The fourth-order valence-electron chi connectivity index (χ4n) is 4.34. The highest BCUT2D eigenvalue weighted by Gasteiger charge is 2.49. The standard InChI is InChI=1S/C21H17F3N4O2S/c22-21(23,24)13-3-4-17(27-10-13)30-16-9-12-8-15(16)28(11-12)20(29)18-14(2-1-5-25-18)19-26-6-7-31-19/h1-7,10,12,15-16H,8-9,11H2. The number of carbonyl (C=O) groups is 1. The highest BCUT2D eigenvalue weighted by molar-refractivity contribution is 7.13. The Morgan fingerprint density at radius 1 is 1.13 bits per heavy atom. The molecule has 0 spiro atoms. The van der Waals surface area contributed by atoms with Crippen molar-refractivity contribution in [3.63, 3.8) is 0 Å². The van der Waals surface area contributed by atoms with Crippen molar-refractivity contribution >= 4 is 17.2 Å². The summed E-state index contributed by atoms with van der Waals surface area (Å²) in [4.78, 5) is 27.5. The Morgan fingerprint density at radius 2 is 2.00 bits per heavy atom. The maximum Gasteiger partial charge on any atom is 0.417 e. The number of ether oxygens (including phenoxy) is 1. The van der Waals surface area contributed by atoms with Crippen LogP contribution in [0.3, 0.4) is 0 Å². The number of fused-ring (bicyclic) bond motifs is 2. The van der Waals surface area contributed by atoms with Crippen LogP contribution in [0.4, 0.5) is 13.2 Å². The zero-order valence-electron chi connectivity index (χ0n) is 16.1. The van der Waals surface area contributed by atoms with E-state index in [1.807, 2.05) is 11.4 Å². The van der Waals surface area contributed by atoms with Crippen LogP contribution in [0.1, 0.15) is 28.9 Å². The van der Waals surface area contributed by atoms with E-state index in [0.29, 0.717) is 17.8 Å². The lowest BCUT2D eigenvalue weighted by atomic mass is 10.1. The average Bonchev–Trinajstić information content (AvgIpc) is 3.50. The van der Waals surface area contributed by atoms with E-state index < -0.39 is 11.7 Å². The highest BCUT2D eigenvalue weighted by atomic mass is 32.1. The van der Waals surface area contributed by atoms with Gasteiger partial charge in [-0.05, 0) is 37.0 Å². The van der Waals surface area contributed by atoms with E-state index in [9.17, 15) is 18.0 Å². The molecule has 2 fully saturated rings. The fourth-order valence-corrected chi connectivity index (χ4v) is 5.00. The quantitative estimate of drug-likeness (QED) is 0.598. The van der Waals surface area contributed by atoms with Gasteiger partial charge in [0.2, 0.25) is 5.88 Å². The molecule has 3 aromatic rings. The molecule has 4 heterocycles. The number of halogens is 3. The van der Waals surface area contributed by atoms with Crippen LogP contribution in [-0.4, -0.2) is 44.4 Å². The molecule has 5 rings (SSSR count). The maximum absolute atomic E-state index is 13.3. The monoisotopic (exact) mass is 446 g/mol. The normalized spacial score (nSPS) is 22.7. The molecule has 1 saturated carbocycles. The number of thiazole rings is 1. The predicted octanol–water partition coefficient (Wildman–Crippen LogP) is 4.30. The Balaban J connectivity index is 1.35. The molecule has 2 aliphatic rings. The molecule has 31 heavy (non-hydrogen) atoms. The Bertz CT molecular complexity index is 1090. The third-order valence-corrected chi connectivity index (χ3v) is 6.50. The van der Waals surface area contributed by atoms with Gasteiger partial charge in [-0.3, -0.25) is 9.78 Å². The molecular formula is C21H17F3N4O2S. The molecule has 1 aliphatic heterocycles. The van der Waals surface area contributed by atoms with Crippen LogP contribution >= 0.6 is 11.3 Å². The summed E-state index contributed by atoms with van der Waals surface area (Å²) in [7, 11) is 0. The van der Waals surface area contributed by atoms with Gasteiger partial charge in [0.1, 0.15) is 16.8 Å². The molecule has 2 bridgehead atoms.